The van der Waals surface area contributed by atoms with Crippen molar-refractivity contribution in [3.8, 4) is 0 Å². The Morgan fingerprint density at radius 2 is 2.04 bits per heavy atom. The van der Waals surface area contributed by atoms with Gasteiger partial charge in [-0.15, -0.1) is 0 Å². The predicted octanol–water partition coefficient (Wildman–Crippen LogP) is 0.876. The van der Waals surface area contributed by atoms with E-state index in [1.54, 1.807) is 17.3 Å². The molecule has 7 nitrogen and oxygen atoms in total. The van der Waals surface area contributed by atoms with Crippen LogP contribution in [0.15, 0.2) is 12.4 Å². The van der Waals surface area contributed by atoms with Crippen molar-refractivity contribution in [3.05, 3.63) is 23.8 Å². The van der Waals surface area contributed by atoms with Crippen LogP contribution in [0.2, 0.25) is 0 Å². The number of rotatable bonds is 4. The molecular formula is C18H26N4O3. The Kier molecular flexibility index (Phi) is 5.32. The van der Waals surface area contributed by atoms with Crippen LogP contribution in [0.4, 0.5) is 0 Å². The van der Waals surface area contributed by atoms with Crippen molar-refractivity contribution in [1.82, 2.24) is 19.8 Å². The van der Waals surface area contributed by atoms with Crippen molar-refractivity contribution >= 4 is 11.8 Å². The second kappa shape index (κ2) is 7.47. The van der Waals surface area contributed by atoms with Crippen molar-refractivity contribution in [2.75, 3.05) is 32.8 Å². The van der Waals surface area contributed by atoms with Gasteiger partial charge in [-0.05, 0) is 19.3 Å². The van der Waals surface area contributed by atoms with Crippen LogP contribution < -0.4 is 0 Å². The monoisotopic (exact) mass is 346 g/mol. The first-order chi connectivity index (χ1) is 12.1. The molecule has 25 heavy (non-hydrogen) atoms. The second-order valence-electron chi connectivity index (χ2n) is 7.11. The van der Waals surface area contributed by atoms with E-state index in [2.05, 4.69) is 9.97 Å². The number of hydrogen-bond acceptors (Lipinski definition) is 5. The molecule has 0 aromatic carbocycles. The molecule has 7 heteroatoms. The fourth-order valence-corrected chi connectivity index (χ4v) is 3.97. The van der Waals surface area contributed by atoms with Crippen molar-refractivity contribution in [3.63, 3.8) is 0 Å². The lowest BCUT2D eigenvalue weighted by Gasteiger charge is -2.48. The SMILES string of the molecule is CCc1ncc(C(=O)N2CCC[C@@]3(CCC(=O)N(CCO)C3)C2)cn1. The maximum absolute atomic E-state index is 12.8. The van der Waals surface area contributed by atoms with Crippen LogP contribution in [0.1, 0.15) is 48.8 Å². The number of aryl methyl sites for hydroxylation is 1. The van der Waals surface area contributed by atoms with Gasteiger partial charge in [-0.3, -0.25) is 9.59 Å². The zero-order valence-electron chi connectivity index (χ0n) is 14.8. The minimum absolute atomic E-state index is 0.0222. The Balaban J connectivity index is 1.71. The van der Waals surface area contributed by atoms with E-state index < -0.39 is 0 Å². The molecule has 0 saturated carbocycles. The quantitative estimate of drug-likeness (QED) is 0.874. The molecule has 0 radical (unpaired) electrons. The summed E-state index contributed by atoms with van der Waals surface area (Å²) in [4.78, 5) is 36.9. The van der Waals surface area contributed by atoms with Crippen LogP contribution in [-0.4, -0.2) is 69.5 Å². The van der Waals surface area contributed by atoms with Gasteiger partial charge in [-0.25, -0.2) is 9.97 Å². The second-order valence-corrected chi connectivity index (χ2v) is 7.11. The minimum Gasteiger partial charge on any atom is -0.395 e. The third-order valence-electron chi connectivity index (χ3n) is 5.34. The molecule has 2 amide bonds. The van der Waals surface area contributed by atoms with Gasteiger partial charge >= 0.3 is 0 Å². The fraction of sp³-hybridized carbons (Fsp3) is 0.667. The van der Waals surface area contributed by atoms with Crippen molar-refractivity contribution < 1.29 is 14.7 Å². The molecule has 2 fully saturated rings. The Morgan fingerprint density at radius 1 is 1.28 bits per heavy atom. The standard InChI is InChI=1S/C18H26N4O3/c1-2-15-19-10-14(11-20-15)17(25)22-7-3-5-18(13-22)6-4-16(24)21(12-18)8-9-23/h10-11,23H,2-9,12-13H2,1H3/t18-/m0/s1. The van der Waals surface area contributed by atoms with Gasteiger partial charge in [0.1, 0.15) is 5.82 Å². The van der Waals surface area contributed by atoms with E-state index in [9.17, 15) is 14.7 Å². The lowest BCUT2D eigenvalue weighted by molar-refractivity contribution is -0.139. The van der Waals surface area contributed by atoms with Gasteiger partial charge in [0.15, 0.2) is 0 Å². The molecule has 0 unspecified atom stereocenters. The van der Waals surface area contributed by atoms with Gasteiger partial charge in [0.25, 0.3) is 5.91 Å². The Hall–Kier alpha value is -2.02. The number of aliphatic hydroxyl groups is 1. The molecule has 1 N–H and O–H groups in total. The summed E-state index contributed by atoms with van der Waals surface area (Å²) in [5.74, 6) is 0.802. The van der Waals surface area contributed by atoms with Gasteiger partial charge in [-0.1, -0.05) is 6.92 Å². The number of carbonyl (C=O) groups excluding carboxylic acids is 2. The van der Waals surface area contributed by atoms with Crippen molar-refractivity contribution in [1.29, 1.82) is 0 Å². The molecule has 3 heterocycles. The molecule has 3 rings (SSSR count). The molecule has 2 aliphatic rings. The number of β-amino-alcohol motifs (C(OH)–C–C–N with tert-alkyl or cyclic N) is 1. The van der Waals surface area contributed by atoms with Gasteiger partial charge in [0.2, 0.25) is 5.91 Å². The summed E-state index contributed by atoms with van der Waals surface area (Å²) in [7, 11) is 0. The van der Waals surface area contributed by atoms with Crippen LogP contribution in [-0.2, 0) is 11.2 Å². The van der Waals surface area contributed by atoms with Crippen LogP contribution in [0, 0.1) is 5.41 Å². The lowest BCUT2D eigenvalue weighted by Crippen LogP contribution is -2.55. The molecule has 2 aliphatic heterocycles. The van der Waals surface area contributed by atoms with Crippen LogP contribution >= 0.6 is 0 Å². The summed E-state index contributed by atoms with van der Waals surface area (Å²) in [6, 6.07) is 0. The highest BCUT2D eigenvalue weighted by Crippen LogP contribution is 2.39. The zero-order valence-corrected chi connectivity index (χ0v) is 14.8. The van der Waals surface area contributed by atoms with E-state index in [1.807, 2.05) is 11.8 Å². The Morgan fingerprint density at radius 3 is 2.72 bits per heavy atom. The van der Waals surface area contributed by atoms with Crippen LogP contribution in [0.5, 0.6) is 0 Å². The maximum atomic E-state index is 12.8. The predicted molar refractivity (Wildman–Crippen MR) is 91.9 cm³/mol. The molecule has 0 bridgehead atoms. The summed E-state index contributed by atoms with van der Waals surface area (Å²) in [6.07, 6.45) is 7.21. The summed E-state index contributed by atoms with van der Waals surface area (Å²) in [5, 5.41) is 9.18. The van der Waals surface area contributed by atoms with E-state index in [-0.39, 0.29) is 23.8 Å². The molecule has 1 atom stereocenters. The van der Waals surface area contributed by atoms with Crippen molar-refractivity contribution in [2.45, 2.75) is 39.0 Å². The summed E-state index contributed by atoms with van der Waals surface area (Å²) >= 11 is 0. The van der Waals surface area contributed by atoms with Crippen LogP contribution in [0.25, 0.3) is 0 Å². The Bertz CT molecular complexity index is 634. The van der Waals surface area contributed by atoms with E-state index in [1.165, 1.54) is 0 Å². The molecular weight excluding hydrogens is 320 g/mol. The first-order valence-electron chi connectivity index (χ1n) is 9.06. The fourth-order valence-electron chi connectivity index (χ4n) is 3.97. The number of aromatic nitrogens is 2. The highest BCUT2D eigenvalue weighted by atomic mass is 16.3. The molecule has 1 aromatic rings. The summed E-state index contributed by atoms with van der Waals surface area (Å²) in [5.41, 5.74) is 0.467. The van der Waals surface area contributed by atoms with E-state index in [0.29, 0.717) is 31.6 Å². The van der Waals surface area contributed by atoms with Gasteiger partial charge < -0.3 is 14.9 Å². The van der Waals surface area contributed by atoms with E-state index >= 15 is 0 Å². The normalized spacial score (nSPS) is 24.0. The minimum atomic E-state index is -0.0544. The smallest absolute Gasteiger partial charge is 0.257 e. The van der Waals surface area contributed by atoms with Gasteiger partial charge in [-0.2, -0.15) is 0 Å². The van der Waals surface area contributed by atoms with Gasteiger partial charge in [0, 0.05) is 56.8 Å². The average molecular weight is 346 g/mol. The first kappa shape index (κ1) is 17.8. The zero-order chi connectivity index (χ0) is 17.9. The Labute approximate surface area is 148 Å². The highest BCUT2D eigenvalue weighted by Gasteiger charge is 2.42. The number of hydrogen-bond donors (Lipinski definition) is 1. The molecule has 0 aliphatic carbocycles. The number of carbonyl (C=O) groups is 2. The van der Waals surface area contributed by atoms with Crippen molar-refractivity contribution in [2.24, 2.45) is 5.41 Å². The van der Waals surface area contributed by atoms with E-state index in [0.717, 1.165) is 38.1 Å². The van der Waals surface area contributed by atoms with Crippen LogP contribution in [0.3, 0.4) is 0 Å². The number of aliphatic hydroxyl groups excluding tert-OH is 1. The summed E-state index contributed by atoms with van der Waals surface area (Å²) in [6.45, 7) is 4.34. The number of amides is 2. The maximum Gasteiger partial charge on any atom is 0.257 e. The summed E-state index contributed by atoms with van der Waals surface area (Å²) < 4.78 is 0. The molecule has 1 spiro atoms. The lowest BCUT2D eigenvalue weighted by atomic mass is 9.73. The first-order valence-corrected chi connectivity index (χ1v) is 9.06. The molecule has 1 aromatic heterocycles. The molecule has 136 valence electrons. The largest absolute Gasteiger partial charge is 0.395 e. The van der Waals surface area contributed by atoms with E-state index in [4.69, 9.17) is 0 Å². The number of likely N-dealkylation sites (tertiary alicyclic amines) is 2. The number of piperidine rings is 2. The van der Waals surface area contributed by atoms with Gasteiger partial charge in [0.05, 0.1) is 12.2 Å². The average Bonchev–Trinajstić information content (AvgIpc) is 2.65. The third kappa shape index (κ3) is 3.81. The third-order valence-corrected chi connectivity index (χ3v) is 5.34. The highest BCUT2D eigenvalue weighted by molar-refractivity contribution is 5.93. The molecule has 2 saturated heterocycles. The topological polar surface area (TPSA) is 86.6 Å². The number of nitrogens with zero attached hydrogens (tertiary/aromatic N) is 4.